The first kappa shape index (κ1) is 68.4. The van der Waals surface area contributed by atoms with Gasteiger partial charge in [0.05, 0.1) is 40.4 Å². The number of allylic oxidation sites excluding steroid dienone is 3. The smallest absolute Gasteiger partial charge is 0.409 e. The van der Waals surface area contributed by atoms with Crippen molar-refractivity contribution in [2.45, 2.75) is 167 Å². The molecule has 2 saturated heterocycles. The Morgan fingerprint density at radius 3 is 2.40 bits per heavy atom. The number of nitrogens with two attached hydrogens (primary N) is 1. The standard InChI is InChI=1S/C64H82ClN9O15/c1-35(2)55(70-50(76)21-12-11-13-28-74-51(77)24-25-52(74)78)58(80)69-44(19-16-27-68-61(66)83)46(75)32-41-22-23-43(56-42(41)18-15-26-67-56)59(81)72(8)39(6)60(82)88-49-33-53(79)73(9)45-31-40(30-37(4)54(45)65)29-36(3)17-14-20-48(86-10)64(85)34-47(87-62(84)71-64)38(5)57-63(49,7)89-57/h14-15,17-18,20,22-26,30-31,35,38-39,44,47-49,55,57,85H,11-13,16,19,21,27-29,32-34H2,1-10H3,(H,69,80)(H,70,76)(H,71,84)(H3,66,68,83)/b20-14+,36-17+/t38-,39+,44+,47+,48-,49+,55+,57+,63+,64+/m1/s1. The fourth-order valence-electron chi connectivity index (χ4n) is 11.5. The van der Waals surface area contributed by atoms with Crippen molar-refractivity contribution >= 4 is 87.5 Å². The molecule has 0 saturated carbocycles. The van der Waals surface area contributed by atoms with Gasteiger partial charge in [-0.25, -0.2) is 14.4 Å². The van der Waals surface area contributed by atoms with Crippen LogP contribution in [0.1, 0.15) is 120 Å². The first-order valence-corrected chi connectivity index (χ1v) is 30.3. The molecular weight excluding hydrogens is 1170 g/mol. The third-order valence-corrected chi connectivity index (χ3v) is 17.5. The Kier molecular flexibility index (Phi) is 22.7. The number of hydrogen-bond donors (Lipinski definition) is 6. The van der Waals surface area contributed by atoms with Gasteiger partial charge in [0, 0.05) is 83.2 Å². The van der Waals surface area contributed by atoms with E-state index in [0.29, 0.717) is 52.9 Å². The molecule has 0 radical (unpaired) electrons. The maximum Gasteiger partial charge on any atom is 0.409 e. The van der Waals surface area contributed by atoms with E-state index in [1.54, 1.807) is 65.1 Å². The average molecular weight is 1250 g/mol. The molecule has 89 heavy (non-hydrogen) atoms. The zero-order valence-electron chi connectivity index (χ0n) is 52.0. The van der Waals surface area contributed by atoms with Crippen molar-refractivity contribution in [2.24, 2.45) is 17.6 Å². The van der Waals surface area contributed by atoms with Gasteiger partial charge >= 0.3 is 18.1 Å². The number of unbranched alkanes of at least 4 members (excludes halogenated alkanes) is 2. The number of urea groups is 1. The number of aromatic nitrogens is 1. The molecule has 5 heterocycles. The highest BCUT2D eigenvalue weighted by Crippen LogP contribution is 2.49. The molecule has 0 aliphatic carbocycles. The molecule has 4 aliphatic heterocycles. The molecule has 4 aliphatic rings. The zero-order chi connectivity index (χ0) is 65.2. The molecule has 2 fully saturated rings. The van der Waals surface area contributed by atoms with Gasteiger partial charge in [-0.1, -0.05) is 80.8 Å². The van der Waals surface area contributed by atoms with E-state index in [1.165, 1.54) is 55.3 Å². The number of likely N-dealkylation sites (N-methyl/N-ethyl adjacent to an activating group) is 1. The summed E-state index contributed by atoms with van der Waals surface area (Å²) in [5.74, 6) is -5.26. The number of imide groups is 1. The molecule has 24 nitrogen and oxygen atoms in total. The molecule has 0 unspecified atom stereocenters. The summed E-state index contributed by atoms with van der Waals surface area (Å²) in [6.07, 6.45) is 5.73. The number of nitrogens with zero attached hydrogens (tertiary/aromatic N) is 4. The number of rotatable bonds is 22. The fourth-order valence-corrected chi connectivity index (χ4v) is 11.8. The van der Waals surface area contributed by atoms with E-state index in [1.807, 2.05) is 32.1 Å². The fraction of sp³-hybridized carbons (Fsp3) is 0.516. The highest BCUT2D eigenvalue weighted by Gasteiger charge is 2.64. The lowest BCUT2D eigenvalue weighted by atomic mass is 9.83. The van der Waals surface area contributed by atoms with Gasteiger partial charge in [-0.3, -0.25) is 48.8 Å². The monoisotopic (exact) mass is 1250 g/mol. The van der Waals surface area contributed by atoms with Crippen molar-refractivity contribution in [3.63, 3.8) is 0 Å². The number of halogens is 1. The largest absolute Gasteiger partial charge is 0.457 e. The maximum atomic E-state index is 14.7. The van der Waals surface area contributed by atoms with Gasteiger partial charge < -0.3 is 55.5 Å². The minimum atomic E-state index is -1.91. The van der Waals surface area contributed by atoms with E-state index < -0.39 is 120 Å². The molecular formula is C64H82ClN9O15. The Labute approximate surface area is 522 Å². The number of fused-ring (bicyclic) bond motifs is 6. The van der Waals surface area contributed by atoms with E-state index in [9.17, 15) is 53.1 Å². The third-order valence-electron chi connectivity index (χ3n) is 17.0. The maximum absolute atomic E-state index is 14.7. The summed E-state index contributed by atoms with van der Waals surface area (Å²) in [5.41, 5.74) is 5.65. The number of anilines is 1. The van der Waals surface area contributed by atoms with Crippen LogP contribution in [-0.4, -0.2) is 167 Å². The van der Waals surface area contributed by atoms with Crippen LogP contribution in [0.25, 0.3) is 10.9 Å². The summed E-state index contributed by atoms with van der Waals surface area (Å²) >= 11 is 6.89. The van der Waals surface area contributed by atoms with Gasteiger partial charge in [0.2, 0.25) is 17.7 Å². The van der Waals surface area contributed by atoms with Crippen molar-refractivity contribution in [1.29, 1.82) is 0 Å². The van der Waals surface area contributed by atoms with Gasteiger partial charge in [-0.15, -0.1) is 0 Å². The number of nitrogens with one attached hydrogen (secondary N) is 4. The van der Waals surface area contributed by atoms with Gasteiger partial charge in [-0.05, 0) is 101 Å². The lowest BCUT2D eigenvalue weighted by molar-refractivity contribution is -0.158. The van der Waals surface area contributed by atoms with Gasteiger partial charge in [0.25, 0.3) is 17.7 Å². The predicted molar refractivity (Wildman–Crippen MR) is 329 cm³/mol. The second kappa shape index (κ2) is 29.5. The number of pyridine rings is 1. The number of hydrogen-bond acceptors (Lipinski definition) is 16. The van der Waals surface area contributed by atoms with Crippen LogP contribution in [0.15, 0.2) is 78.5 Å². The Hall–Kier alpha value is -8.06. The number of ether oxygens (including phenoxy) is 4. The number of primary amides is 1. The number of benzene rings is 2. The van der Waals surface area contributed by atoms with E-state index in [0.717, 1.165) is 16.0 Å². The highest BCUT2D eigenvalue weighted by molar-refractivity contribution is 6.34. The van der Waals surface area contributed by atoms with Gasteiger partial charge in [-0.2, -0.15) is 0 Å². The minimum Gasteiger partial charge on any atom is -0.457 e. The number of ketones is 1. The molecule has 2 aromatic carbocycles. The molecule has 1 aromatic heterocycles. The topological polar surface area (TPSA) is 328 Å². The van der Waals surface area contributed by atoms with Crippen LogP contribution in [0.2, 0.25) is 5.02 Å². The summed E-state index contributed by atoms with van der Waals surface area (Å²) in [6.45, 7) is 12.5. The number of alkyl carbamates (subject to hydrolysis) is 1. The number of aryl methyl sites for hydroxylation is 1. The molecule has 480 valence electrons. The number of epoxide rings is 1. The van der Waals surface area contributed by atoms with Crippen molar-refractivity contribution in [3.8, 4) is 0 Å². The number of carbonyl (C=O) groups is 10. The highest BCUT2D eigenvalue weighted by atomic mass is 35.5. The Morgan fingerprint density at radius 2 is 1.72 bits per heavy atom. The van der Waals surface area contributed by atoms with Crippen LogP contribution >= 0.6 is 11.6 Å². The first-order valence-electron chi connectivity index (χ1n) is 29.9. The van der Waals surface area contributed by atoms with E-state index in [4.69, 9.17) is 36.3 Å². The second-order valence-electron chi connectivity index (χ2n) is 24.0. The number of aliphatic hydroxyl groups is 1. The number of carbonyl (C=O) groups excluding carboxylic acids is 10. The Morgan fingerprint density at radius 1 is 1.00 bits per heavy atom. The van der Waals surface area contributed by atoms with Crippen molar-refractivity contribution in [1.82, 2.24) is 36.1 Å². The van der Waals surface area contributed by atoms with Gasteiger partial charge in [0.15, 0.2) is 11.5 Å². The normalized spacial score (nSPS) is 24.7. The predicted octanol–water partition coefficient (Wildman–Crippen LogP) is 5.35. The molecule has 7 rings (SSSR count). The lowest BCUT2D eigenvalue weighted by Gasteiger charge is -2.42. The summed E-state index contributed by atoms with van der Waals surface area (Å²) in [4.78, 5) is 142. The van der Waals surface area contributed by atoms with Gasteiger partial charge in [0.1, 0.15) is 36.0 Å². The average Bonchev–Trinajstić information content (AvgIpc) is 1.71. The Bertz CT molecular complexity index is 3320. The van der Waals surface area contributed by atoms with Crippen molar-refractivity contribution in [3.05, 3.63) is 106 Å². The molecule has 3 aromatic rings. The zero-order valence-corrected chi connectivity index (χ0v) is 52.8. The number of Topliss-reactive ketones (excluding diaryl/α,β-unsaturated/α-hetero) is 1. The quantitative estimate of drug-likeness (QED) is 0.0320. The second-order valence-corrected chi connectivity index (χ2v) is 24.4. The summed E-state index contributed by atoms with van der Waals surface area (Å²) in [7, 11) is 4.39. The number of esters is 1. The molecule has 0 spiro atoms. The summed E-state index contributed by atoms with van der Waals surface area (Å²) < 4.78 is 24.1. The van der Waals surface area contributed by atoms with Crippen molar-refractivity contribution < 1.29 is 72.0 Å². The van der Waals surface area contributed by atoms with Crippen LogP contribution < -0.4 is 31.9 Å². The summed E-state index contributed by atoms with van der Waals surface area (Å²) in [6, 6.07) is 5.92. The summed E-state index contributed by atoms with van der Waals surface area (Å²) in [5, 5.41) is 23.3. The first-order chi connectivity index (χ1) is 42.1. The van der Waals surface area contributed by atoms with E-state index >= 15 is 0 Å². The van der Waals surface area contributed by atoms with E-state index in [-0.39, 0.29) is 68.1 Å². The molecule has 10 atom stereocenters. The lowest BCUT2D eigenvalue weighted by Crippen LogP contribution is -2.63. The van der Waals surface area contributed by atoms with Crippen LogP contribution in [0, 0.1) is 18.8 Å². The van der Waals surface area contributed by atoms with Crippen LogP contribution in [0.5, 0.6) is 0 Å². The molecule has 7 N–H and O–H groups in total. The molecule has 4 bridgehead atoms. The van der Waals surface area contributed by atoms with Crippen LogP contribution in [0.3, 0.4) is 0 Å². The number of amides is 9. The molecule has 9 amide bonds. The Balaban J connectivity index is 1.08. The SMILES string of the molecule is CO[C@@H]1/C=C/C=C(\C)Cc2cc(C)c(Cl)c(c2)N(C)C(=O)C[C@H](OC(=O)[C@H](C)N(C)C(=O)c2ccc(CC(=O)[C@H](CCCNC(N)=O)NC(=O)[C@@H](NC(=O)CCCCCN3C(=O)C=CC3=O)C(C)C)c3cccnc23)[C@]2(C)O[C@H]2[C@H](C)[C@@H]2C[C@@]1(O)NC(=O)O2. The van der Waals surface area contributed by atoms with Crippen molar-refractivity contribution in [2.75, 3.05) is 39.2 Å². The van der Waals surface area contributed by atoms with Crippen LogP contribution in [0.4, 0.5) is 15.3 Å². The molecule has 25 heteroatoms. The number of methoxy groups -OCH3 is 1. The third kappa shape index (κ3) is 16.6. The van der Waals surface area contributed by atoms with Crippen LogP contribution in [-0.2, 0) is 65.4 Å². The van der Waals surface area contributed by atoms with E-state index in [2.05, 4.69) is 26.3 Å². The minimum absolute atomic E-state index is 0.0698.